The number of hydrogen-bond donors (Lipinski definition) is 1. The fourth-order valence-electron chi connectivity index (χ4n) is 2.37. The van der Waals surface area contributed by atoms with Crippen LogP contribution in [0.4, 0.5) is 0 Å². The first kappa shape index (κ1) is 11.6. The van der Waals surface area contributed by atoms with Crippen LogP contribution in [0.25, 0.3) is 11.3 Å². The van der Waals surface area contributed by atoms with Crippen LogP contribution in [0.1, 0.15) is 17.7 Å². The Balaban J connectivity index is 1.92. The smallest absolute Gasteiger partial charge is 0.305 e. The Kier molecular flexibility index (Phi) is 3.25. The van der Waals surface area contributed by atoms with Crippen molar-refractivity contribution in [3.05, 3.63) is 39.1 Å². The molecule has 0 saturated carbocycles. The van der Waals surface area contributed by atoms with Gasteiger partial charge in [-0.1, -0.05) is 11.3 Å². The van der Waals surface area contributed by atoms with Crippen LogP contribution in [0.3, 0.4) is 0 Å². The van der Waals surface area contributed by atoms with Gasteiger partial charge in [-0.3, -0.25) is 14.7 Å². The van der Waals surface area contributed by atoms with E-state index in [0.29, 0.717) is 0 Å². The molecule has 0 spiro atoms. The molecular formula is C13H15N3OS. The lowest BCUT2D eigenvalue weighted by Gasteiger charge is -2.13. The van der Waals surface area contributed by atoms with Crippen molar-refractivity contribution in [2.45, 2.75) is 19.4 Å². The summed E-state index contributed by atoms with van der Waals surface area (Å²) in [5.41, 5.74) is 2.00. The van der Waals surface area contributed by atoms with Crippen LogP contribution in [0, 0.1) is 0 Å². The van der Waals surface area contributed by atoms with Crippen molar-refractivity contribution in [3.8, 4) is 11.3 Å². The summed E-state index contributed by atoms with van der Waals surface area (Å²) in [6, 6.07) is 3.87. The summed E-state index contributed by atoms with van der Waals surface area (Å²) >= 11 is 1.32. The first-order chi connectivity index (χ1) is 8.83. The van der Waals surface area contributed by atoms with E-state index in [1.807, 2.05) is 12.1 Å². The predicted octanol–water partition coefficient (Wildman–Crippen LogP) is 2.09. The lowest BCUT2D eigenvalue weighted by atomic mass is 10.2. The van der Waals surface area contributed by atoms with E-state index in [1.165, 1.54) is 24.2 Å². The summed E-state index contributed by atoms with van der Waals surface area (Å²) in [6.07, 6.45) is 6.05. The Morgan fingerprint density at radius 1 is 1.28 bits per heavy atom. The minimum atomic E-state index is 0.0241. The Morgan fingerprint density at radius 3 is 2.72 bits per heavy atom. The van der Waals surface area contributed by atoms with Gasteiger partial charge in [0.05, 0.1) is 5.69 Å². The molecule has 4 nitrogen and oxygen atoms in total. The summed E-state index contributed by atoms with van der Waals surface area (Å²) in [6.45, 7) is 3.16. The highest BCUT2D eigenvalue weighted by Gasteiger charge is 2.16. The molecule has 0 bridgehead atoms. The molecule has 2 aromatic rings. The maximum Gasteiger partial charge on any atom is 0.305 e. The number of likely N-dealkylation sites (tertiary alicyclic amines) is 1. The van der Waals surface area contributed by atoms with Gasteiger partial charge in [0.1, 0.15) is 0 Å². The minimum Gasteiger partial charge on any atom is -0.312 e. The number of pyridine rings is 1. The second-order valence-electron chi connectivity index (χ2n) is 4.53. The van der Waals surface area contributed by atoms with Crippen molar-refractivity contribution in [2.75, 3.05) is 13.1 Å². The third-order valence-corrected chi connectivity index (χ3v) is 4.12. The number of rotatable bonds is 3. The molecular weight excluding hydrogens is 246 g/mol. The highest BCUT2D eigenvalue weighted by molar-refractivity contribution is 7.09. The molecule has 1 aliphatic heterocycles. The lowest BCUT2D eigenvalue weighted by molar-refractivity contribution is 0.334. The largest absolute Gasteiger partial charge is 0.312 e. The van der Waals surface area contributed by atoms with Crippen LogP contribution in [0.15, 0.2) is 29.3 Å². The number of H-pyrrole nitrogens is 1. The molecule has 2 aromatic heterocycles. The Hall–Kier alpha value is -1.46. The van der Waals surface area contributed by atoms with Gasteiger partial charge in [-0.2, -0.15) is 0 Å². The maximum absolute atomic E-state index is 11.6. The van der Waals surface area contributed by atoms with Gasteiger partial charge in [-0.25, -0.2) is 0 Å². The fraction of sp³-hybridized carbons (Fsp3) is 0.385. The van der Waals surface area contributed by atoms with Gasteiger partial charge in [0.2, 0.25) is 0 Å². The van der Waals surface area contributed by atoms with Crippen molar-refractivity contribution >= 4 is 11.3 Å². The minimum absolute atomic E-state index is 0.0241. The van der Waals surface area contributed by atoms with Gasteiger partial charge in [0.25, 0.3) is 0 Å². The summed E-state index contributed by atoms with van der Waals surface area (Å²) in [4.78, 5) is 22.1. The topological polar surface area (TPSA) is 49.0 Å². The zero-order chi connectivity index (χ0) is 12.4. The summed E-state index contributed by atoms with van der Waals surface area (Å²) < 4.78 is 0. The molecule has 3 heterocycles. The average molecular weight is 261 g/mol. The first-order valence-electron chi connectivity index (χ1n) is 6.18. The summed E-state index contributed by atoms with van der Waals surface area (Å²) in [5, 5.41) is 0. The van der Waals surface area contributed by atoms with E-state index >= 15 is 0 Å². The molecule has 1 fully saturated rings. The van der Waals surface area contributed by atoms with Gasteiger partial charge in [0, 0.05) is 29.4 Å². The van der Waals surface area contributed by atoms with Crippen LogP contribution >= 0.6 is 11.3 Å². The molecule has 0 atom stereocenters. The Labute approximate surface area is 109 Å². The third-order valence-electron chi connectivity index (χ3n) is 3.26. The Morgan fingerprint density at radius 2 is 2.00 bits per heavy atom. The molecule has 1 aliphatic rings. The number of aromatic nitrogens is 2. The van der Waals surface area contributed by atoms with Crippen molar-refractivity contribution in [1.29, 1.82) is 0 Å². The van der Waals surface area contributed by atoms with Crippen LogP contribution in [-0.4, -0.2) is 28.0 Å². The quantitative estimate of drug-likeness (QED) is 0.920. The molecule has 0 aliphatic carbocycles. The molecule has 18 heavy (non-hydrogen) atoms. The maximum atomic E-state index is 11.6. The third kappa shape index (κ3) is 2.37. The second-order valence-corrected chi connectivity index (χ2v) is 5.60. The van der Waals surface area contributed by atoms with Crippen molar-refractivity contribution in [3.63, 3.8) is 0 Å². The number of thiazole rings is 1. The van der Waals surface area contributed by atoms with Crippen LogP contribution in [0.5, 0.6) is 0 Å². The molecule has 94 valence electrons. The molecule has 0 radical (unpaired) electrons. The van der Waals surface area contributed by atoms with Gasteiger partial charge in [-0.15, -0.1) is 0 Å². The highest BCUT2D eigenvalue weighted by atomic mass is 32.1. The average Bonchev–Trinajstić information content (AvgIpc) is 3.01. The predicted molar refractivity (Wildman–Crippen MR) is 72.7 cm³/mol. The summed E-state index contributed by atoms with van der Waals surface area (Å²) in [7, 11) is 0. The van der Waals surface area contributed by atoms with E-state index in [1.54, 1.807) is 12.4 Å². The molecule has 1 saturated heterocycles. The number of nitrogens with zero attached hydrogens (tertiary/aromatic N) is 2. The van der Waals surface area contributed by atoms with Crippen LogP contribution < -0.4 is 4.87 Å². The highest BCUT2D eigenvalue weighted by Crippen LogP contribution is 2.25. The molecule has 0 amide bonds. The van der Waals surface area contributed by atoms with E-state index in [4.69, 9.17) is 0 Å². The van der Waals surface area contributed by atoms with Gasteiger partial charge in [0.15, 0.2) is 0 Å². The zero-order valence-electron chi connectivity index (χ0n) is 10.1. The number of aromatic amines is 1. The lowest BCUT2D eigenvalue weighted by Crippen LogP contribution is -2.18. The van der Waals surface area contributed by atoms with E-state index in [-0.39, 0.29) is 4.87 Å². The molecule has 0 unspecified atom stereocenters. The van der Waals surface area contributed by atoms with Crippen molar-refractivity contribution in [1.82, 2.24) is 14.9 Å². The van der Waals surface area contributed by atoms with E-state index in [0.717, 1.165) is 35.8 Å². The van der Waals surface area contributed by atoms with E-state index < -0.39 is 0 Å². The second kappa shape index (κ2) is 5.04. The zero-order valence-corrected chi connectivity index (χ0v) is 10.9. The van der Waals surface area contributed by atoms with E-state index in [2.05, 4.69) is 14.9 Å². The standard InChI is InChI=1S/C13H15N3OS/c17-13-15-12(10-3-5-14-6-4-10)11(18-13)9-16-7-1-2-8-16/h3-6H,1-2,7-9H2,(H,15,17). The summed E-state index contributed by atoms with van der Waals surface area (Å²) in [5.74, 6) is 0. The van der Waals surface area contributed by atoms with Crippen molar-refractivity contribution in [2.24, 2.45) is 0 Å². The van der Waals surface area contributed by atoms with Gasteiger partial charge >= 0.3 is 4.87 Å². The van der Waals surface area contributed by atoms with Crippen molar-refractivity contribution < 1.29 is 0 Å². The van der Waals surface area contributed by atoms with E-state index in [9.17, 15) is 4.79 Å². The normalized spacial score (nSPS) is 16.2. The molecule has 5 heteroatoms. The molecule has 1 N–H and O–H groups in total. The Bertz CT molecular complexity index is 569. The monoisotopic (exact) mass is 261 g/mol. The fourth-order valence-corrected chi connectivity index (χ4v) is 3.26. The van der Waals surface area contributed by atoms with Gasteiger partial charge < -0.3 is 4.98 Å². The molecule has 3 rings (SSSR count). The first-order valence-corrected chi connectivity index (χ1v) is 6.99. The number of nitrogens with one attached hydrogen (secondary N) is 1. The number of hydrogen-bond acceptors (Lipinski definition) is 4. The van der Waals surface area contributed by atoms with Gasteiger partial charge in [-0.05, 0) is 38.1 Å². The van der Waals surface area contributed by atoms with Crippen LogP contribution in [-0.2, 0) is 6.54 Å². The SMILES string of the molecule is O=c1[nH]c(-c2ccncc2)c(CN2CCCC2)s1. The molecule has 0 aromatic carbocycles. The van der Waals surface area contributed by atoms with Crippen LogP contribution in [0.2, 0.25) is 0 Å².